The van der Waals surface area contributed by atoms with Gasteiger partial charge in [-0.15, -0.1) is 11.3 Å². The first kappa shape index (κ1) is 15.1. The predicted molar refractivity (Wildman–Crippen MR) is 87.1 cm³/mol. The van der Waals surface area contributed by atoms with E-state index in [2.05, 4.69) is 34.4 Å². The third-order valence-corrected chi connectivity index (χ3v) is 4.21. The van der Waals surface area contributed by atoms with Gasteiger partial charge in [0.2, 0.25) is 0 Å². The first-order valence-corrected chi connectivity index (χ1v) is 7.75. The van der Waals surface area contributed by atoms with Crippen molar-refractivity contribution in [1.29, 1.82) is 0 Å². The van der Waals surface area contributed by atoms with Crippen molar-refractivity contribution < 1.29 is 0 Å². The molecular formula is C14H19ClN4S. The Hall–Kier alpha value is -1.33. The van der Waals surface area contributed by atoms with Crippen molar-refractivity contribution >= 4 is 34.6 Å². The Bertz CT molecular complexity index is 595. The van der Waals surface area contributed by atoms with Crippen LogP contribution in [0.25, 0.3) is 0 Å². The molecule has 108 valence electrons. The second-order valence-electron chi connectivity index (χ2n) is 4.87. The fourth-order valence-electron chi connectivity index (χ4n) is 1.83. The van der Waals surface area contributed by atoms with Crippen LogP contribution in [0, 0.1) is 6.92 Å². The Labute approximate surface area is 128 Å². The fraction of sp³-hybridized carbons (Fsp3) is 0.429. The van der Waals surface area contributed by atoms with Crippen LogP contribution in [0.5, 0.6) is 0 Å². The van der Waals surface area contributed by atoms with E-state index in [1.54, 1.807) is 11.3 Å². The van der Waals surface area contributed by atoms with Gasteiger partial charge in [0, 0.05) is 23.4 Å². The lowest BCUT2D eigenvalue weighted by atomic mass is 10.2. The Balaban J connectivity index is 2.23. The molecule has 2 aromatic heterocycles. The van der Waals surface area contributed by atoms with Crippen molar-refractivity contribution in [2.45, 2.75) is 33.2 Å². The molecule has 6 heteroatoms. The van der Waals surface area contributed by atoms with Gasteiger partial charge >= 0.3 is 0 Å². The van der Waals surface area contributed by atoms with Crippen LogP contribution >= 0.6 is 22.9 Å². The summed E-state index contributed by atoms with van der Waals surface area (Å²) in [7, 11) is 1.88. The van der Waals surface area contributed by atoms with Gasteiger partial charge in [0.15, 0.2) is 0 Å². The number of aromatic nitrogens is 2. The molecule has 0 aliphatic rings. The van der Waals surface area contributed by atoms with E-state index in [4.69, 9.17) is 11.6 Å². The SMILES string of the molecule is CNc1nc(C(C)C)nc(NCc2ccc(Cl)s2)c1C. The minimum absolute atomic E-state index is 0.291. The lowest BCUT2D eigenvalue weighted by Crippen LogP contribution is -2.10. The van der Waals surface area contributed by atoms with E-state index in [9.17, 15) is 0 Å². The average Bonchev–Trinajstić information content (AvgIpc) is 2.83. The van der Waals surface area contributed by atoms with Crippen molar-refractivity contribution in [2.24, 2.45) is 0 Å². The lowest BCUT2D eigenvalue weighted by Gasteiger charge is -2.14. The standard InChI is InChI=1S/C14H19ClN4S/c1-8(2)12-18-13(16-4)9(3)14(19-12)17-7-10-5-6-11(15)20-10/h5-6,8H,7H2,1-4H3,(H2,16,17,18,19). The topological polar surface area (TPSA) is 49.8 Å². The van der Waals surface area contributed by atoms with Crippen molar-refractivity contribution in [2.75, 3.05) is 17.7 Å². The summed E-state index contributed by atoms with van der Waals surface area (Å²) in [6.45, 7) is 6.91. The fourth-order valence-corrected chi connectivity index (χ4v) is 2.85. The normalized spacial score (nSPS) is 10.9. The molecular weight excluding hydrogens is 292 g/mol. The van der Waals surface area contributed by atoms with Crippen molar-refractivity contribution in [1.82, 2.24) is 9.97 Å². The number of rotatable bonds is 5. The Morgan fingerprint density at radius 1 is 1.25 bits per heavy atom. The van der Waals surface area contributed by atoms with Crippen LogP contribution in [0.2, 0.25) is 4.34 Å². The van der Waals surface area contributed by atoms with E-state index < -0.39 is 0 Å². The van der Waals surface area contributed by atoms with Gasteiger partial charge < -0.3 is 10.6 Å². The predicted octanol–water partition coefficient (Wildman–Crippen LogP) is 4.28. The van der Waals surface area contributed by atoms with E-state index in [-0.39, 0.29) is 0 Å². The quantitative estimate of drug-likeness (QED) is 0.865. The monoisotopic (exact) mass is 310 g/mol. The number of nitrogens with one attached hydrogen (secondary N) is 2. The molecule has 0 aliphatic heterocycles. The van der Waals surface area contributed by atoms with Crippen LogP contribution in [0.4, 0.5) is 11.6 Å². The second-order valence-corrected chi connectivity index (χ2v) is 6.67. The molecule has 0 atom stereocenters. The van der Waals surface area contributed by atoms with Gasteiger partial charge in [0.25, 0.3) is 0 Å². The Kier molecular flexibility index (Phi) is 4.83. The molecule has 0 bridgehead atoms. The van der Waals surface area contributed by atoms with Crippen LogP contribution in [0.15, 0.2) is 12.1 Å². The highest BCUT2D eigenvalue weighted by Gasteiger charge is 2.12. The van der Waals surface area contributed by atoms with Gasteiger partial charge in [-0.25, -0.2) is 9.97 Å². The average molecular weight is 311 g/mol. The molecule has 0 unspecified atom stereocenters. The number of anilines is 2. The van der Waals surface area contributed by atoms with E-state index >= 15 is 0 Å². The maximum absolute atomic E-state index is 5.94. The zero-order valence-electron chi connectivity index (χ0n) is 12.1. The minimum atomic E-state index is 0.291. The second kappa shape index (κ2) is 6.41. The molecule has 0 aromatic carbocycles. The summed E-state index contributed by atoms with van der Waals surface area (Å²) in [5.74, 6) is 2.87. The maximum atomic E-state index is 5.94. The molecule has 2 N–H and O–H groups in total. The number of thiophene rings is 1. The molecule has 4 nitrogen and oxygen atoms in total. The highest BCUT2D eigenvalue weighted by molar-refractivity contribution is 7.16. The van der Waals surface area contributed by atoms with Crippen molar-refractivity contribution in [3.05, 3.63) is 32.7 Å². The number of hydrogen-bond acceptors (Lipinski definition) is 5. The van der Waals surface area contributed by atoms with Gasteiger partial charge in [-0.1, -0.05) is 25.4 Å². The minimum Gasteiger partial charge on any atom is -0.373 e. The Morgan fingerprint density at radius 2 is 1.95 bits per heavy atom. The van der Waals surface area contributed by atoms with E-state index in [0.717, 1.165) is 33.9 Å². The zero-order valence-corrected chi connectivity index (χ0v) is 13.7. The molecule has 0 spiro atoms. The van der Waals surface area contributed by atoms with E-state index in [1.165, 1.54) is 4.88 Å². The first-order valence-electron chi connectivity index (χ1n) is 6.55. The molecule has 2 rings (SSSR count). The molecule has 0 amide bonds. The summed E-state index contributed by atoms with van der Waals surface area (Å²) < 4.78 is 0.806. The number of nitrogens with zero attached hydrogens (tertiary/aromatic N) is 2. The molecule has 20 heavy (non-hydrogen) atoms. The summed E-state index contributed by atoms with van der Waals surface area (Å²) in [6.07, 6.45) is 0. The van der Waals surface area contributed by atoms with Crippen molar-refractivity contribution in [3.63, 3.8) is 0 Å². The van der Waals surface area contributed by atoms with Gasteiger partial charge in [-0.2, -0.15) is 0 Å². The van der Waals surface area contributed by atoms with Crippen LogP contribution < -0.4 is 10.6 Å². The van der Waals surface area contributed by atoms with Crippen LogP contribution in [-0.2, 0) is 6.54 Å². The molecule has 0 saturated carbocycles. The molecule has 0 saturated heterocycles. The molecule has 0 radical (unpaired) electrons. The summed E-state index contributed by atoms with van der Waals surface area (Å²) in [5.41, 5.74) is 1.03. The number of halogens is 1. The van der Waals surface area contributed by atoms with Gasteiger partial charge in [-0.05, 0) is 19.1 Å². The zero-order chi connectivity index (χ0) is 14.7. The summed E-state index contributed by atoms with van der Waals surface area (Å²) >= 11 is 7.52. The van der Waals surface area contributed by atoms with E-state index in [1.807, 2.05) is 26.1 Å². The summed E-state index contributed by atoms with van der Waals surface area (Å²) in [4.78, 5) is 10.3. The van der Waals surface area contributed by atoms with Crippen LogP contribution in [0.3, 0.4) is 0 Å². The van der Waals surface area contributed by atoms with Crippen LogP contribution in [-0.4, -0.2) is 17.0 Å². The lowest BCUT2D eigenvalue weighted by molar-refractivity contribution is 0.773. The summed E-state index contributed by atoms with van der Waals surface area (Å²) in [6, 6.07) is 3.94. The molecule has 0 fully saturated rings. The molecule has 2 heterocycles. The summed E-state index contributed by atoms with van der Waals surface area (Å²) in [5, 5.41) is 6.50. The highest BCUT2D eigenvalue weighted by atomic mass is 35.5. The Morgan fingerprint density at radius 3 is 2.50 bits per heavy atom. The third kappa shape index (κ3) is 3.41. The van der Waals surface area contributed by atoms with E-state index in [0.29, 0.717) is 5.92 Å². The maximum Gasteiger partial charge on any atom is 0.135 e. The van der Waals surface area contributed by atoms with Gasteiger partial charge in [0.05, 0.1) is 10.9 Å². The third-order valence-electron chi connectivity index (χ3n) is 2.98. The van der Waals surface area contributed by atoms with Crippen LogP contribution in [0.1, 0.15) is 36.0 Å². The first-order chi connectivity index (χ1) is 9.51. The molecule has 2 aromatic rings. The molecule has 0 aliphatic carbocycles. The van der Waals surface area contributed by atoms with Gasteiger partial charge in [0.1, 0.15) is 17.5 Å². The van der Waals surface area contributed by atoms with Gasteiger partial charge in [-0.3, -0.25) is 0 Å². The smallest absolute Gasteiger partial charge is 0.135 e. The largest absolute Gasteiger partial charge is 0.373 e. The highest BCUT2D eigenvalue weighted by Crippen LogP contribution is 2.25. The number of hydrogen-bond donors (Lipinski definition) is 2. The van der Waals surface area contributed by atoms with Crippen molar-refractivity contribution in [3.8, 4) is 0 Å².